The molecule has 8 heteroatoms. The average Bonchev–Trinajstić information content (AvgIpc) is 3.04. The topological polar surface area (TPSA) is 89.3 Å². The van der Waals surface area contributed by atoms with E-state index in [2.05, 4.69) is 15.4 Å². The zero-order valence-electron chi connectivity index (χ0n) is 15.6. The second kappa shape index (κ2) is 7.63. The number of aliphatic hydroxyl groups is 1. The molecule has 0 aliphatic carbocycles. The van der Waals surface area contributed by atoms with E-state index in [-0.39, 0.29) is 0 Å². The molecule has 1 heterocycles. The van der Waals surface area contributed by atoms with Crippen LogP contribution in [0.15, 0.2) is 36.9 Å². The third-order valence-corrected chi connectivity index (χ3v) is 4.08. The van der Waals surface area contributed by atoms with E-state index < -0.39 is 29.2 Å². The van der Waals surface area contributed by atoms with Crippen LogP contribution in [0.4, 0.5) is 0 Å². The van der Waals surface area contributed by atoms with Gasteiger partial charge in [-0.25, -0.2) is 9.67 Å². The molecule has 2 atom stereocenters. The first-order chi connectivity index (χ1) is 12.0. The van der Waals surface area contributed by atoms with Gasteiger partial charge in [-0.2, -0.15) is 5.10 Å². The zero-order chi connectivity index (χ0) is 19.5. The lowest BCUT2D eigenvalue weighted by molar-refractivity contribution is -0.140. The van der Waals surface area contributed by atoms with Gasteiger partial charge in [0.1, 0.15) is 24.0 Å². The van der Waals surface area contributed by atoms with Gasteiger partial charge in [0, 0.05) is 5.02 Å². The lowest BCUT2D eigenvalue weighted by atomic mass is 9.85. The lowest BCUT2D eigenvalue weighted by Gasteiger charge is -2.38. The Kier molecular flexibility index (Phi) is 5.93. The summed E-state index contributed by atoms with van der Waals surface area (Å²) < 4.78 is 7.66. The van der Waals surface area contributed by atoms with Gasteiger partial charge in [-0.15, -0.1) is 0 Å². The molecule has 2 aromatic rings. The fraction of sp³-hybridized carbons (Fsp3) is 0.500. The monoisotopic (exact) mass is 380 g/mol. The molecule has 142 valence electrons. The smallest absolute Gasteiger partial charge is 0.251 e. The molecule has 0 spiro atoms. The summed E-state index contributed by atoms with van der Waals surface area (Å²) in [6, 6.07) is 6.42. The molecule has 0 bridgehead atoms. The van der Waals surface area contributed by atoms with Crippen LogP contribution < -0.4 is 10.1 Å². The van der Waals surface area contributed by atoms with Gasteiger partial charge in [-0.1, -0.05) is 32.4 Å². The van der Waals surface area contributed by atoms with E-state index in [0.717, 1.165) is 0 Å². The summed E-state index contributed by atoms with van der Waals surface area (Å²) in [5, 5.41) is 17.7. The first-order valence-electron chi connectivity index (χ1n) is 8.28. The largest absolute Gasteiger partial charge is 0.466 e. The maximum Gasteiger partial charge on any atom is 0.251 e. The molecule has 26 heavy (non-hydrogen) atoms. The van der Waals surface area contributed by atoms with Gasteiger partial charge in [0.2, 0.25) is 6.23 Å². The molecule has 1 aromatic carbocycles. The number of aromatic nitrogens is 3. The number of benzene rings is 1. The van der Waals surface area contributed by atoms with E-state index in [9.17, 15) is 9.90 Å². The summed E-state index contributed by atoms with van der Waals surface area (Å²) in [6.45, 7) is 8.78. The number of hydrogen-bond donors (Lipinski definition) is 2. The van der Waals surface area contributed by atoms with Crippen molar-refractivity contribution in [2.24, 2.45) is 5.41 Å². The first kappa shape index (κ1) is 20.2. The van der Waals surface area contributed by atoms with E-state index in [1.807, 2.05) is 20.8 Å². The second-order valence-electron chi connectivity index (χ2n) is 7.71. The maximum absolute atomic E-state index is 12.4. The SMILES string of the molecule is CC(C)(O)C(=O)N[C@@H]([C@H](Oc1ccc(Cl)cc1)n1cncn1)C(C)(C)C. The number of hydrogen-bond acceptors (Lipinski definition) is 5. The molecule has 1 amide bonds. The van der Waals surface area contributed by atoms with Gasteiger partial charge in [-0.3, -0.25) is 4.79 Å². The second-order valence-corrected chi connectivity index (χ2v) is 8.15. The maximum atomic E-state index is 12.4. The summed E-state index contributed by atoms with van der Waals surface area (Å²) in [6.07, 6.45) is 2.25. The molecule has 0 radical (unpaired) electrons. The number of carbonyl (C=O) groups excluding carboxylic acids is 1. The van der Waals surface area contributed by atoms with Crippen LogP contribution >= 0.6 is 11.6 Å². The first-order valence-corrected chi connectivity index (χ1v) is 8.66. The predicted molar refractivity (Wildman–Crippen MR) is 98.8 cm³/mol. The summed E-state index contributed by atoms with van der Waals surface area (Å²) in [5.74, 6) is 0.0731. The van der Waals surface area contributed by atoms with Crippen LogP contribution in [-0.2, 0) is 4.79 Å². The molecule has 0 fully saturated rings. The van der Waals surface area contributed by atoms with E-state index >= 15 is 0 Å². The molecule has 0 aliphatic rings. The number of nitrogens with one attached hydrogen (secondary N) is 1. The number of ether oxygens (including phenoxy) is 1. The quantitative estimate of drug-likeness (QED) is 0.804. The highest BCUT2D eigenvalue weighted by molar-refractivity contribution is 6.30. The van der Waals surface area contributed by atoms with Gasteiger partial charge in [0.05, 0.1) is 6.04 Å². The van der Waals surface area contributed by atoms with Gasteiger partial charge in [-0.05, 0) is 43.5 Å². The Balaban J connectivity index is 2.38. The Bertz CT molecular complexity index is 718. The predicted octanol–water partition coefficient (Wildman–Crippen LogP) is 2.81. The number of halogens is 1. The molecule has 2 N–H and O–H groups in total. The highest BCUT2D eigenvalue weighted by atomic mass is 35.5. The van der Waals surface area contributed by atoms with Crippen molar-refractivity contribution in [1.29, 1.82) is 0 Å². The zero-order valence-corrected chi connectivity index (χ0v) is 16.4. The van der Waals surface area contributed by atoms with E-state index in [1.54, 1.807) is 24.3 Å². The van der Waals surface area contributed by atoms with Gasteiger partial charge < -0.3 is 15.2 Å². The van der Waals surface area contributed by atoms with Crippen LogP contribution in [0, 0.1) is 5.41 Å². The number of carbonyl (C=O) groups is 1. The fourth-order valence-corrected chi connectivity index (χ4v) is 2.44. The minimum absolute atomic E-state index is 0.399. The number of amides is 1. The number of nitrogens with zero attached hydrogens (tertiary/aromatic N) is 3. The Morgan fingerprint density at radius 2 is 1.85 bits per heavy atom. The molecule has 1 aromatic heterocycles. The van der Waals surface area contributed by atoms with Crippen LogP contribution in [0.1, 0.15) is 40.8 Å². The molecule has 0 saturated heterocycles. The molecular formula is C18H25ClN4O3. The van der Waals surface area contributed by atoms with Crippen molar-refractivity contribution in [2.45, 2.75) is 52.5 Å². The van der Waals surface area contributed by atoms with Crippen molar-refractivity contribution >= 4 is 17.5 Å². The van der Waals surface area contributed by atoms with Gasteiger partial charge in [0.25, 0.3) is 5.91 Å². The van der Waals surface area contributed by atoms with Crippen molar-refractivity contribution in [3.8, 4) is 5.75 Å². The van der Waals surface area contributed by atoms with Crippen LogP contribution in [-0.4, -0.2) is 37.4 Å². The Labute approximate surface area is 158 Å². The van der Waals surface area contributed by atoms with E-state index in [4.69, 9.17) is 16.3 Å². The standard InChI is InChI=1S/C18H25ClN4O3/c1-17(2,3)14(22-16(24)18(4,5)25)15(23-11-20-10-21-23)26-13-8-6-12(19)7-9-13/h6-11,14-15,25H,1-5H3,(H,22,24)/t14-,15-/m0/s1. The molecule has 2 rings (SSSR count). The minimum Gasteiger partial charge on any atom is -0.466 e. The summed E-state index contributed by atoms with van der Waals surface area (Å²) in [5.41, 5.74) is -1.92. The number of rotatable bonds is 6. The van der Waals surface area contributed by atoms with Crippen LogP contribution in [0.2, 0.25) is 5.02 Å². The average molecular weight is 381 g/mol. The third kappa shape index (κ3) is 5.19. The lowest BCUT2D eigenvalue weighted by Crippen LogP contribution is -2.55. The summed E-state index contributed by atoms with van der Waals surface area (Å²) >= 11 is 5.93. The highest BCUT2D eigenvalue weighted by Gasteiger charge is 2.39. The Morgan fingerprint density at radius 3 is 2.31 bits per heavy atom. The van der Waals surface area contributed by atoms with E-state index in [1.165, 1.54) is 31.2 Å². The summed E-state index contributed by atoms with van der Waals surface area (Å²) in [7, 11) is 0. The van der Waals surface area contributed by atoms with Crippen molar-refractivity contribution in [2.75, 3.05) is 0 Å². The van der Waals surface area contributed by atoms with Crippen molar-refractivity contribution in [3.63, 3.8) is 0 Å². The fourth-order valence-electron chi connectivity index (χ4n) is 2.31. The van der Waals surface area contributed by atoms with Crippen LogP contribution in [0.25, 0.3) is 0 Å². The van der Waals surface area contributed by atoms with E-state index in [0.29, 0.717) is 10.8 Å². The highest BCUT2D eigenvalue weighted by Crippen LogP contribution is 2.31. The van der Waals surface area contributed by atoms with Gasteiger partial charge in [0.15, 0.2) is 0 Å². The van der Waals surface area contributed by atoms with Crippen LogP contribution in [0.3, 0.4) is 0 Å². The third-order valence-electron chi connectivity index (χ3n) is 3.83. The Morgan fingerprint density at radius 1 is 1.23 bits per heavy atom. The van der Waals surface area contributed by atoms with Crippen LogP contribution in [0.5, 0.6) is 5.75 Å². The molecule has 0 saturated carbocycles. The molecule has 7 nitrogen and oxygen atoms in total. The van der Waals surface area contributed by atoms with Crippen molar-refractivity contribution < 1.29 is 14.6 Å². The normalized spacial score (nSPS) is 14.6. The van der Waals surface area contributed by atoms with Crippen molar-refractivity contribution in [1.82, 2.24) is 20.1 Å². The minimum atomic E-state index is -1.52. The van der Waals surface area contributed by atoms with Crippen molar-refractivity contribution in [3.05, 3.63) is 41.9 Å². The summed E-state index contributed by atoms with van der Waals surface area (Å²) in [4.78, 5) is 16.4. The van der Waals surface area contributed by atoms with Gasteiger partial charge >= 0.3 is 0 Å². The molecular weight excluding hydrogens is 356 g/mol. The molecule has 0 aliphatic heterocycles. The Hall–Kier alpha value is -2.12. The molecule has 0 unspecified atom stereocenters.